The van der Waals surface area contributed by atoms with Gasteiger partial charge in [0.05, 0.1) is 24.6 Å². The van der Waals surface area contributed by atoms with E-state index in [1.807, 2.05) is 0 Å². The van der Waals surface area contributed by atoms with Gasteiger partial charge in [-0.3, -0.25) is 0 Å². The van der Waals surface area contributed by atoms with Gasteiger partial charge in [-0.2, -0.15) is 5.06 Å². The molecule has 19 heavy (non-hydrogen) atoms. The van der Waals surface area contributed by atoms with Crippen molar-refractivity contribution in [3.05, 3.63) is 40.2 Å². The minimum Gasteiger partial charge on any atom is -0.507 e. The average Bonchev–Trinajstić information content (AvgIpc) is 2.41. The Bertz CT molecular complexity index is 666. The highest BCUT2D eigenvalue weighted by Gasteiger charge is 2.30. The fraction of sp³-hybridized carbons (Fsp3) is 0.308. The predicted octanol–water partition coefficient (Wildman–Crippen LogP) is 1.26. The fourth-order valence-electron chi connectivity index (χ4n) is 2.27. The van der Waals surface area contributed by atoms with Crippen molar-refractivity contribution in [1.82, 2.24) is 5.06 Å². The molecule has 1 atom stereocenters. The molecule has 0 aliphatic carbocycles. The van der Waals surface area contributed by atoms with E-state index in [2.05, 4.69) is 0 Å². The van der Waals surface area contributed by atoms with Crippen molar-refractivity contribution < 1.29 is 19.5 Å². The molecule has 0 spiro atoms. The van der Waals surface area contributed by atoms with E-state index in [0.29, 0.717) is 17.6 Å². The summed E-state index contributed by atoms with van der Waals surface area (Å²) in [5.41, 5.74) is -0.318. The number of nitrogens with zero attached hydrogens (tertiary/aromatic N) is 1. The SMILES string of the molecule is O=c1oc2ccccc2c(O)c1C1COCCN1O. The lowest BCUT2D eigenvalue weighted by Crippen LogP contribution is -2.39. The number of fused-ring (bicyclic) bond motifs is 1. The number of hydrogen-bond acceptors (Lipinski definition) is 6. The first-order chi connectivity index (χ1) is 9.18. The van der Waals surface area contributed by atoms with Crippen LogP contribution in [0.25, 0.3) is 11.0 Å². The Morgan fingerprint density at radius 2 is 2.11 bits per heavy atom. The highest BCUT2D eigenvalue weighted by atomic mass is 16.5. The van der Waals surface area contributed by atoms with Gasteiger partial charge >= 0.3 is 5.63 Å². The summed E-state index contributed by atoms with van der Waals surface area (Å²) in [6.07, 6.45) is 0. The van der Waals surface area contributed by atoms with E-state index in [0.717, 1.165) is 5.06 Å². The van der Waals surface area contributed by atoms with Crippen LogP contribution in [0.1, 0.15) is 11.6 Å². The van der Waals surface area contributed by atoms with Crippen LogP contribution in [0.4, 0.5) is 0 Å². The second kappa shape index (κ2) is 4.65. The van der Waals surface area contributed by atoms with Gasteiger partial charge in [-0.05, 0) is 12.1 Å². The lowest BCUT2D eigenvalue weighted by atomic mass is 10.0. The first-order valence-corrected chi connectivity index (χ1v) is 5.96. The largest absolute Gasteiger partial charge is 0.507 e. The van der Waals surface area contributed by atoms with E-state index >= 15 is 0 Å². The topological polar surface area (TPSA) is 83.1 Å². The normalized spacial score (nSPS) is 20.8. The molecule has 2 aromatic rings. The van der Waals surface area contributed by atoms with Crippen molar-refractivity contribution in [2.24, 2.45) is 0 Å². The first-order valence-electron chi connectivity index (χ1n) is 5.96. The fourth-order valence-corrected chi connectivity index (χ4v) is 2.27. The van der Waals surface area contributed by atoms with Crippen LogP contribution >= 0.6 is 0 Å². The maximum atomic E-state index is 12.0. The van der Waals surface area contributed by atoms with Gasteiger partial charge in [0.2, 0.25) is 0 Å². The number of benzene rings is 1. The van der Waals surface area contributed by atoms with Crippen molar-refractivity contribution in [3.63, 3.8) is 0 Å². The quantitative estimate of drug-likeness (QED) is 0.754. The summed E-state index contributed by atoms with van der Waals surface area (Å²) in [7, 11) is 0. The Morgan fingerprint density at radius 3 is 2.89 bits per heavy atom. The van der Waals surface area contributed by atoms with Crippen molar-refractivity contribution in [3.8, 4) is 5.75 Å². The monoisotopic (exact) mass is 263 g/mol. The van der Waals surface area contributed by atoms with Gasteiger partial charge in [0, 0.05) is 6.54 Å². The van der Waals surface area contributed by atoms with E-state index < -0.39 is 11.7 Å². The standard InChI is InChI=1S/C13H13NO5/c15-12-8-3-1-2-4-10(8)19-13(16)11(12)9-7-18-6-5-14(9)17/h1-4,9,15,17H,5-7H2. The Hall–Kier alpha value is -1.89. The molecule has 2 heterocycles. The molecule has 1 aliphatic rings. The zero-order valence-electron chi connectivity index (χ0n) is 10.1. The molecule has 0 amide bonds. The van der Waals surface area contributed by atoms with E-state index in [9.17, 15) is 15.1 Å². The molecule has 100 valence electrons. The average molecular weight is 263 g/mol. The van der Waals surface area contributed by atoms with Crippen LogP contribution in [-0.4, -0.2) is 35.1 Å². The van der Waals surface area contributed by atoms with Crippen LogP contribution in [-0.2, 0) is 4.74 Å². The molecule has 0 radical (unpaired) electrons. The van der Waals surface area contributed by atoms with Crippen LogP contribution in [0.2, 0.25) is 0 Å². The molecule has 1 saturated heterocycles. The van der Waals surface area contributed by atoms with Gasteiger partial charge in [0.1, 0.15) is 16.9 Å². The summed E-state index contributed by atoms with van der Waals surface area (Å²) < 4.78 is 10.4. The Kier molecular flexibility index (Phi) is 2.98. The molecule has 1 aromatic carbocycles. The van der Waals surface area contributed by atoms with Crippen LogP contribution in [0, 0.1) is 0 Å². The maximum absolute atomic E-state index is 12.0. The molecule has 1 aromatic heterocycles. The van der Waals surface area contributed by atoms with Gasteiger partial charge < -0.3 is 19.5 Å². The summed E-state index contributed by atoms with van der Waals surface area (Å²) >= 11 is 0. The van der Waals surface area contributed by atoms with Crippen molar-refractivity contribution >= 4 is 11.0 Å². The van der Waals surface area contributed by atoms with Gasteiger partial charge in [-0.25, -0.2) is 4.79 Å². The van der Waals surface area contributed by atoms with Gasteiger partial charge in [-0.1, -0.05) is 12.1 Å². The molecular weight excluding hydrogens is 250 g/mol. The third-order valence-electron chi connectivity index (χ3n) is 3.25. The number of ether oxygens (including phenoxy) is 1. The minimum absolute atomic E-state index is 0.0286. The molecule has 0 bridgehead atoms. The van der Waals surface area contributed by atoms with Crippen LogP contribution in [0.3, 0.4) is 0 Å². The lowest BCUT2D eigenvalue weighted by molar-refractivity contribution is -0.184. The van der Waals surface area contributed by atoms with Gasteiger partial charge in [0.25, 0.3) is 0 Å². The molecule has 3 rings (SSSR count). The molecule has 6 nitrogen and oxygen atoms in total. The van der Waals surface area contributed by atoms with E-state index in [1.54, 1.807) is 24.3 Å². The van der Waals surface area contributed by atoms with Crippen molar-refractivity contribution in [2.75, 3.05) is 19.8 Å². The Balaban J connectivity index is 2.20. The van der Waals surface area contributed by atoms with Gasteiger partial charge in [0.15, 0.2) is 0 Å². The molecule has 6 heteroatoms. The Morgan fingerprint density at radius 1 is 1.32 bits per heavy atom. The number of para-hydroxylation sites is 1. The van der Waals surface area contributed by atoms with Crippen molar-refractivity contribution in [2.45, 2.75) is 6.04 Å². The summed E-state index contributed by atoms with van der Waals surface area (Å²) in [4.78, 5) is 12.0. The number of rotatable bonds is 1. The summed E-state index contributed by atoms with van der Waals surface area (Å²) in [6, 6.07) is 6.00. The molecule has 1 fully saturated rings. The highest BCUT2D eigenvalue weighted by molar-refractivity contribution is 5.84. The van der Waals surface area contributed by atoms with E-state index in [-0.39, 0.29) is 24.5 Å². The minimum atomic E-state index is -0.713. The highest BCUT2D eigenvalue weighted by Crippen LogP contribution is 2.32. The lowest BCUT2D eigenvalue weighted by Gasteiger charge is -2.30. The van der Waals surface area contributed by atoms with Crippen LogP contribution < -0.4 is 5.63 Å². The third kappa shape index (κ3) is 1.99. The maximum Gasteiger partial charge on any atom is 0.345 e. The zero-order chi connectivity index (χ0) is 13.4. The number of aromatic hydroxyl groups is 1. The second-order valence-electron chi connectivity index (χ2n) is 4.40. The first kappa shape index (κ1) is 12.2. The summed E-state index contributed by atoms with van der Waals surface area (Å²) in [5.74, 6) is -0.165. The molecule has 2 N–H and O–H groups in total. The number of morpholine rings is 1. The number of hydroxylamine groups is 2. The Labute approximate surface area is 108 Å². The summed E-state index contributed by atoms with van der Waals surface area (Å²) in [6.45, 7) is 0.788. The zero-order valence-corrected chi connectivity index (χ0v) is 10.1. The summed E-state index contributed by atoms with van der Waals surface area (Å²) in [5, 5.41) is 21.5. The molecule has 0 saturated carbocycles. The second-order valence-corrected chi connectivity index (χ2v) is 4.40. The van der Waals surface area contributed by atoms with Gasteiger partial charge in [-0.15, -0.1) is 0 Å². The molecule has 1 aliphatic heterocycles. The molecule has 1 unspecified atom stereocenters. The van der Waals surface area contributed by atoms with Crippen molar-refractivity contribution in [1.29, 1.82) is 0 Å². The van der Waals surface area contributed by atoms with E-state index in [1.165, 1.54) is 0 Å². The molecular formula is C13H13NO5. The van der Waals surface area contributed by atoms with E-state index in [4.69, 9.17) is 9.15 Å². The van der Waals surface area contributed by atoms with Crippen LogP contribution in [0.5, 0.6) is 5.75 Å². The number of hydrogen-bond donors (Lipinski definition) is 2. The smallest absolute Gasteiger partial charge is 0.345 e. The van der Waals surface area contributed by atoms with Crippen LogP contribution in [0.15, 0.2) is 33.5 Å². The third-order valence-corrected chi connectivity index (χ3v) is 3.25. The predicted molar refractivity (Wildman–Crippen MR) is 66.2 cm³/mol.